The van der Waals surface area contributed by atoms with E-state index >= 15 is 0 Å². The van der Waals surface area contributed by atoms with Gasteiger partial charge in [0.15, 0.2) is 0 Å². The van der Waals surface area contributed by atoms with Crippen LogP contribution >= 0.6 is 0 Å². The van der Waals surface area contributed by atoms with E-state index in [2.05, 4.69) is 0 Å². The van der Waals surface area contributed by atoms with Crippen molar-refractivity contribution in [2.45, 2.75) is 18.8 Å². The van der Waals surface area contributed by atoms with E-state index in [1.807, 2.05) is 0 Å². The van der Waals surface area contributed by atoms with Gasteiger partial charge in [0.2, 0.25) is 5.91 Å². The lowest BCUT2D eigenvalue weighted by Crippen LogP contribution is -2.57. The summed E-state index contributed by atoms with van der Waals surface area (Å²) < 4.78 is 42.1. The molecule has 124 valence electrons. The van der Waals surface area contributed by atoms with Crippen molar-refractivity contribution in [2.75, 3.05) is 26.7 Å². The molecule has 3 rings (SSSR count). The number of amides is 2. The summed E-state index contributed by atoms with van der Waals surface area (Å²) in [5, 5.41) is 0. The van der Waals surface area contributed by atoms with Gasteiger partial charge in [-0.05, 0) is 18.6 Å². The van der Waals surface area contributed by atoms with E-state index in [1.54, 1.807) is 7.05 Å². The van der Waals surface area contributed by atoms with Gasteiger partial charge in [-0.15, -0.1) is 0 Å². The third-order valence-corrected chi connectivity index (χ3v) is 4.63. The second-order valence-corrected chi connectivity index (χ2v) is 6.43. The molecule has 0 radical (unpaired) electrons. The van der Waals surface area contributed by atoms with Crippen LogP contribution in [0.25, 0.3) is 0 Å². The summed E-state index contributed by atoms with van der Waals surface area (Å²) in [6.07, 6.45) is -0.288. The van der Waals surface area contributed by atoms with E-state index in [0.717, 1.165) is 11.0 Å². The summed E-state index contributed by atoms with van der Waals surface area (Å²) in [5.74, 6) is -5.09. The average molecular weight is 326 g/mol. The number of carbonyl (C=O) groups is 2. The van der Waals surface area contributed by atoms with Gasteiger partial charge in [-0.25, -0.2) is 13.2 Å². The summed E-state index contributed by atoms with van der Waals surface area (Å²) in [6.45, 7) is -0.505. The van der Waals surface area contributed by atoms with E-state index < -0.39 is 36.0 Å². The van der Waals surface area contributed by atoms with Crippen molar-refractivity contribution < 1.29 is 22.8 Å². The number of nitrogens with zero attached hydrogens (tertiary/aromatic N) is 2. The fourth-order valence-corrected chi connectivity index (χ4v) is 3.56. The third-order valence-electron chi connectivity index (χ3n) is 4.63. The highest BCUT2D eigenvalue weighted by Gasteiger charge is 2.57. The monoisotopic (exact) mass is 326 g/mol. The standard InChI is InChI=1S/C16H17F3N2O2/c1-20-7-6-15(14(20)23)8-16(18,19)10-21(9-15)13(22)11-4-2-3-5-12(11)17/h2-5H,6-10H2,1H3. The first-order valence-electron chi connectivity index (χ1n) is 7.41. The Balaban J connectivity index is 1.92. The molecule has 0 aliphatic carbocycles. The lowest BCUT2D eigenvalue weighted by atomic mass is 9.76. The highest BCUT2D eigenvalue weighted by molar-refractivity contribution is 5.95. The molecule has 4 nitrogen and oxygen atoms in total. The molecule has 2 aliphatic rings. The normalized spacial score (nSPS) is 26.9. The minimum Gasteiger partial charge on any atom is -0.345 e. The first-order valence-corrected chi connectivity index (χ1v) is 7.41. The molecular formula is C16H17F3N2O2. The summed E-state index contributed by atoms with van der Waals surface area (Å²) in [4.78, 5) is 27.1. The number of hydrogen-bond acceptors (Lipinski definition) is 2. The zero-order valence-electron chi connectivity index (χ0n) is 12.7. The van der Waals surface area contributed by atoms with Crippen LogP contribution in [-0.2, 0) is 4.79 Å². The lowest BCUT2D eigenvalue weighted by Gasteiger charge is -2.42. The van der Waals surface area contributed by atoms with Crippen LogP contribution in [0.3, 0.4) is 0 Å². The minimum absolute atomic E-state index is 0.0983. The van der Waals surface area contributed by atoms with Crippen LogP contribution in [0.4, 0.5) is 13.2 Å². The maximum absolute atomic E-state index is 14.2. The number of rotatable bonds is 1. The maximum atomic E-state index is 14.2. The summed E-state index contributed by atoms with van der Waals surface area (Å²) >= 11 is 0. The number of halogens is 3. The van der Waals surface area contributed by atoms with Gasteiger partial charge in [0.1, 0.15) is 5.82 Å². The molecule has 1 aromatic carbocycles. The van der Waals surface area contributed by atoms with Crippen LogP contribution in [-0.4, -0.2) is 54.2 Å². The third kappa shape index (κ3) is 2.68. The first-order chi connectivity index (χ1) is 10.7. The Morgan fingerprint density at radius 3 is 2.52 bits per heavy atom. The predicted molar refractivity (Wildman–Crippen MR) is 76.6 cm³/mol. The molecule has 0 bridgehead atoms. The van der Waals surface area contributed by atoms with Crippen molar-refractivity contribution in [2.24, 2.45) is 5.41 Å². The van der Waals surface area contributed by atoms with Crippen LogP contribution in [0, 0.1) is 11.2 Å². The van der Waals surface area contributed by atoms with Crippen molar-refractivity contribution in [1.82, 2.24) is 9.80 Å². The number of likely N-dealkylation sites (tertiary alicyclic amines) is 2. The average Bonchev–Trinajstić information content (AvgIpc) is 2.74. The molecule has 2 fully saturated rings. The van der Waals surface area contributed by atoms with Gasteiger partial charge in [-0.2, -0.15) is 0 Å². The van der Waals surface area contributed by atoms with Crippen molar-refractivity contribution in [3.63, 3.8) is 0 Å². The van der Waals surface area contributed by atoms with E-state index in [0.29, 0.717) is 6.54 Å². The summed E-state index contributed by atoms with van der Waals surface area (Å²) in [7, 11) is 1.56. The highest BCUT2D eigenvalue weighted by Crippen LogP contribution is 2.45. The Labute approximate surface area is 131 Å². The van der Waals surface area contributed by atoms with Crippen molar-refractivity contribution >= 4 is 11.8 Å². The van der Waals surface area contributed by atoms with Gasteiger partial charge in [0.25, 0.3) is 11.8 Å². The molecule has 1 unspecified atom stereocenters. The summed E-state index contributed by atoms with van der Waals surface area (Å²) in [5.41, 5.74) is -1.52. The lowest BCUT2D eigenvalue weighted by molar-refractivity contribution is -0.150. The minimum atomic E-state index is -3.17. The molecule has 1 atom stereocenters. The van der Waals surface area contributed by atoms with Crippen LogP contribution in [0.2, 0.25) is 0 Å². The van der Waals surface area contributed by atoms with Crippen molar-refractivity contribution in [3.8, 4) is 0 Å². The number of piperidine rings is 1. The molecule has 0 saturated carbocycles. The van der Waals surface area contributed by atoms with Gasteiger partial charge in [-0.3, -0.25) is 9.59 Å². The van der Waals surface area contributed by atoms with Gasteiger partial charge < -0.3 is 9.80 Å². The molecule has 23 heavy (non-hydrogen) atoms. The molecule has 1 aromatic rings. The van der Waals surface area contributed by atoms with Gasteiger partial charge in [0, 0.05) is 26.6 Å². The molecule has 7 heteroatoms. The number of carbonyl (C=O) groups excluding carboxylic acids is 2. The number of benzene rings is 1. The second kappa shape index (κ2) is 5.25. The molecule has 2 aliphatic heterocycles. The SMILES string of the molecule is CN1CCC2(CN(C(=O)c3ccccc3F)CC(F)(F)C2)C1=O. The largest absolute Gasteiger partial charge is 0.345 e. The molecule has 0 aromatic heterocycles. The predicted octanol–water partition coefficient (Wildman–Crippen LogP) is 2.16. The Hall–Kier alpha value is -2.05. The van der Waals surface area contributed by atoms with Crippen LogP contribution in [0.15, 0.2) is 24.3 Å². The first kappa shape index (κ1) is 15.8. The quantitative estimate of drug-likeness (QED) is 0.793. The van der Waals surface area contributed by atoms with E-state index in [-0.39, 0.29) is 24.4 Å². The smallest absolute Gasteiger partial charge is 0.266 e. The molecule has 1 spiro atoms. The molecule has 0 N–H and O–H groups in total. The second-order valence-electron chi connectivity index (χ2n) is 6.43. The molecule has 2 amide bonds. The van der Waals surface area contributed by atoms with Crippen molar-refractivity contribution in [1.29, 1.82) is 0 Å². The Morgan fingerprint density at radius 1 is 1.22 bits per heavy atom. The Bertz CT molecular complexity index is 664. The summed E-state index contributed by atoms with van der Waals surface area (Å²) in [6, 6.07) is 5.27. The Kier molecular flexibility index (Phi) is 3.61. The van der Waals surface area contributed by atoms with E-state index in [4.69, 9.17) is 0 Å². The number of alkyl halides is 2. The number of hydrogen-bond donors (Lipinski definition) is 0. The van der Waals surface area contributed by atoms with Gasteiger partial charge >= 0.3 is 0 Å². The van der Waals surface area contributed by atoms with Crippen molar-refractivity contribution in [3.05, 3.63) is 35.6 Å². The van der Waals surface area contributed by atoms with E-state index in [1.165, 1.54) is 23.1 Å². The zero-order chi connectivity index (χ0) is 16.8. The fourth-order valence-electron chi connectivity index (χ4n) is 3.56. The molecule has 2 heterocycles. The fraction of sp³-hybridized carbons (Fsp3) is 0.500. The van der Waals surface area contributed by atoms with Crippen LogP contribution < -0.4 is 0 Å². The molecular weight excluding hydrogens is 309 g/mol. The van der Waals surface area contributed by atoms with Crippen LogP contribution in [0.5, 0.6) is 0 Å². The van der Waals surface area contributed by atoms with Gasteiger partial charge in [-0.1, -0.05) is 12.1 Å². The zero-order valence-corrected chi connectivity index (χ0v) is 12.7. The van der Waals surface area contributed by atoms with Crippen LogP contribution in [0.1, 0.15) is 23.2 Å². The van der Waals surface area contributed by atoms with Gasteiger partial charge in [0.05, 0.1) is 17.5 Å². The molecule has 2 saturated heterocycles. The maximum Gasteiger partial charge on any atom is 0.266 e. The topological polar surface area (TPSA) is 40.6 Å². The highest BCUT2D eigenvalue weighted by atomic mass is 19.3. The van der Waals surface area contributed by atoms with E-state index in [9.17, 15) is 22.8 Å². The Morgan fingerprint density at radius 2 is 1.91 bits per heavy atom.